The molecule has 1 saturated heterocycles. The Morgan fingerprint density at radius 3 is 2.59 bits per heavy atom. The molecule has 0 spiro atoms. The van der Waals surface area contributed by atoms with E-state index in [4.69, 9.17) is 14.2 Å². The van der Waals surface area contributed by atoms with Crippen LogP contribution in [0.4, 0.5) is 0 Å². The van der Waals surface area contributed by atoms with E-state index in [2.05, 4.69) is 0 Å². The maximum absolute atomic E-state index is 11.7. The topological polar surface area (TPSA) is 44.8 Å². The van der Waals surface area contributed by atoms with Crippen molar-refractivity contribution in [1.82, 2.24) is 0 Å². The molecule has 1 aromatic carbocycles. The number of ether oxygens (including phenoxy) is 3. The minimum Gasteiger partial charge on any atom is -0.465 e. The van der Waals surface area contributed by atoms with E-state index in [9.17, 15) is 4.79 Å². The molecular formula is C13H16O4. The number of carbonyl (C=O) groups is 1. The van der Waals surface area contributed by atoms with Gasteiger partial charge in [0.2, 0.25) is 0 Å². The summed E-state index contributed by atoms with van der Waals surface area (Å²) in [6.45, 7) is 3.06. The molecule has 0 unspecified atom stereocenters. The predicted molar refractivity (Wildman–Crippen MR) is 61.7 cm³/mol. The smallest absolute Gasteiger partial charge is 0.338 e. The molecule has 1 aliphatic heterocycles. The van der Waals surface area contributed by atoms with Gasteiger partial charge in [0, 0.05) is 12.0 Å². The lowest BCUT2D eigenvalue weighted by molar-refractivity contribution is -0.167. The lowest BCUT2D eigenvalue weighted by Crippen LogP contribution is -2.28. The lowest BCUT2D eigenvalue weighted by atomic mass is 9.97. The molecule has 92 valence electrons. The standard InChI is InChI=1S/C13H16O4/c1-3-13(16-8-9-17-13)11-7-5-4-6-10(11)12(14)15-2/h4-7H,3,8-9H2,1-2H3. The predicted octanol–water partition coefficient (Wildman–Crippen LogP) is 2.08. The third kappa shape index (κ3) is 2.06. The van der Waals surface area contributed by atoms with Crippen molar-refractivity contribution in [2.24, 2.45) is 0 Å². The molecule has 1 fully saturated rings. The first-order valence-corrected chi connectivity index (χ1v) is 5.69. The Morgan fingerprint density at radius 1 is 1.35 bits per heavy atom. The van der Waals surface area contributed by atoms with Gasteiger partial charge in [0.15, 0.2) is 5.79 Å². The number of benzene rings is 1. The van der Waals surface area contributed by atoms with Crippen molar-refractivity contribution in [3.8, 4) is 0 Å². The van der Waals surface area contributed by atoms with Crippen molar-refractivity contribution < 1.29 is 19.0 Å². The van der Waals surface area contributed by atoms with Crippen molar-refractivity contribution >= 4 is 5.97 Å². The van der Waals surface area contributed by atoms with Crippen LogP contribution < -0.4 is 0 Å². The molecule has 1 heterocycles. The minimum atomic E-state index is -0.801. The van der Waals surface area contributed by atoms with E-state index in [1.165, 1.54) is 7.11 Å². The van der Waals surface area contributed by atoms with E-state index in [-0.39, 0.29) is 5.97 Å². The van der Waals surface area contributed by atoms with Crippen LogP contribution in [0.1, 0.15) is 29.3 Å². The van der Waals surface area contributed by atoms with Gasteiger partial charge in [-0.3, -0.25) is 0 Å². The zero-order valence-electron chi connectivity index (χ0n) is 10.1. The summed E-state index contributed by atoms with van der Waals surface area (Å²) in [4.78, 5) is 11.7. The van der Waals surface area contributed by atoms with Crippen LogP contribution in [0.25, 0.3) is 0 Å². The summed E-state index contributed by atoms with van der Waals surface area (Å²) in [5, 5.41) is 0. The monoisotopic (exact) mass is 236 g/mol. The lowest BCUT2D eigenvalue weighted by Gasteiger charge is -2.27. The summed E-state index contributed by atoms with van der Waals surface area (Å²) < 4.78 is 16.1. The van der Waals surface area contributed by atoms with Gasteiger partial charge in [0.05, 0.1) is 25.9 Å². The quantitative estimate of drug-likeness (QED) is 0.754. The van der Waals surface area contributed by atoms with Gasteiger partial charge in [-0.25, -0.2) is 4.79 Å². The molecular weight excluding hydrogens is 220 g/mol. The van der Waals surface area contributed by atoms with E-state index in [1.54, 1.807) is 12.1 Å². The summed E-state index contributed by atoms with van der Waals surface area (Å²) in [5.74, 6) is -1.17. The van der Waals surface area contributed by atoms with E-state index in [0.717, 1.165) is 5.56 Å². The fourth-order valence-electron chi connectivity index (χ4n) is 2.11. The first-order chi connectivity index (χ1) is 8.23. The molecule has 0 bridgehead atoms. The summed E-state index contributed by atoms with van der Waals surface area (Å²) in [5.41, 5.74) is 1.24. The Kier molecular flexibility index (Phi) is 3.45. The van der Waals surface area contributed by atoms with Gasteiger partial charge < -0.3 is 14.2 Å². The van der Waals surface area contributed by atoms with Gasteiger partial charge >= 0.3 is 5.97 Å². The van der Waals surface area contributed by atoms with Crippen LogP contribution in [0, 0.1) is 0 Å². The molecule has 1 aliphatic rings. The summed E-state index contributed by atoms with van der Waals surface area (Å²) in [7, 11) is 1.37. The van der Waals surface area contributed by atoms with E-state index >= 15 is 0 Å². The first-order valence-electron chi connectivity index (χ1n) is 5.69. The van der Waals surface area contributed by atoms with E-state index in [1.807, 2.05) is 19.1 Å². The van der Waals surface area contributed by atoms with Gasteiger partial charge in [0.25, 0.3) is 0 Å². The Labute approximate surface area is 100 Å². The van der Waals surface area contributed by atoms with Gasteiger partial charge in [0.1, 0.15) is 0 Å². The van der Waals surface area contributed by atoms with Crippen LogP contribution in [0.15, 0.2) is 24.3 Å². The van der Waals surface area contributed by atoms with Gasteiger partial charge in [-0.05, 0) is 6.07 Å². The van der Waals surface area contributed by atoms with Crippen molar-refractivity contribution in [2.45, 2.75) is 19.1 Å². The second kappa shape index (κ2) is 4.85. The second-order valence-corrected chi connectivity index (χ2v) is 3.84. The molecule has 0 N–H and O–H groups in total. The van der Waals surface area contributed by atoms with Gasteiger partial charge in [-0.1, -0.05) is 25.1 Å². The molecule has 17 heavy (non-hydrogen) atoms. The number of methoxy groups -OCH3 is 1. The number of hydrogen-bond donors (Lipinski definition) is 0. The van der Waals surface area contributed by atoms with E-state index in [0.29, 0.717) is 25.2 Å². The molecule has 0 aliphatic carbocycles. The van der Waals surface area contributed by atoms with Crippen LogP contribution in [-0.4, -0.2) is 26.3 Å². The Balaban J connectivity index is 2.46. The second-order valence-electron chi connectivity index (χ2n) is 3.84. The number of carbonyl (C=O) groups excluding carboxylic acids is 1. The summed E-state index contributed by atoms with van der Waals surface area (Å²) in [6, 6.07) is 7.24. The molecule has 0 radical (unpaired) electrons. The van der Waals surface area contributed by atoms with E-state index < -0.39 is 5.79 Å². The van der Waals surface area contributed by atoms with Crippen LogP contribution in [0.5, 0.6) is 0 Å². The van der Waals surface area contributed by atoms with Crippen molar-refractivity contribution in [3.05, 3.63) is 35.4 Å². The molecule has 0 atom stereocenters. The highest BCUT2D eigenvalue weighted by Gasteiger charge is 2.39. The molecule has 0 aromatic heterocycles. The maximum atomic E-state index is 11.7. The zero-order valence-corrected chi connectivity index (χ0v) is 10.1. The molecule has 4 heteroatoms. The van der Waals surface area contributed by atoms with Crippen LogP contribution in [0.2, 0.25) is 0 Å². The Morgan fingerprint density at radius 2 is 2.00 bits per heavy atom. The van der Waals surface area contributed by atoms with Crippen molar-refractivity contribution in [3.63, 3.8) is 0 Å². The average Bonchev–Trinajstić information content (AvgIpc) is 2.88. The summed E-state index contributed by atoms with van der Waals surface area (Å²) >= 11 is 0. The number of rotatable bonds is 3. The van der Waals surface area contributed by atoms with Crippen LogP contribution >= 0.6 is 0 Å². The molecule has 0 saturated carbocycles. The highest BCUT2D eigenvalue weighted by molar-refractivity contribution is 5.91. The average molecular weight is 236 g/mol. The maximum Gasteiger partial charge on any atom is 0.338 e. The van der Waals surface area contributed by atoms with Gasteiger partial charge in [-0.2, -0.15) is 0 Å². The SMILES string of the molecule is CCC1(c2ccccc2C(=O)OC)OCCO1. The fraction of sp³-hybridized carbons (Fsp3) is 0.462. The summed E-state index contributed by atoms with van der Waals surface area (Å²) in [6.07, 6.45) is 0.654. The first kappa shape index (κ1) is 12.1. The Bertz CT molecular complexity index is 408. The molecule has 1 aromatic rings. The minimum absolute atomic E-state index is 0.368. The fourth-order valence-corrected chi connectivity index (χ4v) is 2.11. The zero-order chi connectivity index (χ0) is 12.3. The highest BCUT2D eigenvalue weighted by Crippen LogP contribution is 2.36. The molecule has 4 nitrogen and oxygen atoms in total. The third-order valence-electron chi connectivity index (χ3n) is 2.96. The van der Waals surface area contributed by atoms with Gasteiger partial charge in [-0.15, -0.1) is 0 Å². The number of esters is 1. The van der Waals surface area contributed by atoms with Crippen LogP contribution in [0.3, 0.4) is 0 Å². The largest absolute Gasteiger partial charge is 0.465 e. The van der Waals surface area contributed by atoms with Crippen LogP contribution in [-0.2, 0) is 20.0 Å². The Hall–Kier alpha value is -1.39. The normalized spacial score (nSPS) is 18.0. The van der Waals surface area contributed by atoms with Crippen molar-refractivity contribution in [1.29, 1.82) is 0 Å². The molecule has 2 rings (SSSR count). The molecule has 0 amide bonds. The highest BCUT2D eigenvalue weighted by atomic mass is 16.7. The van der Waals surface area contributed by atoms with Crippen molar-refractivity contribution in [2.75, 3.05) is 20.3 Å². The number of hydrogen-bond acceptors (Lipinski definition) is 4. The third-order valence-corrected chi connectivity index (χ3v) is 2.96.